The van der Waals surface area contributed by atoms with Gasteiger partial charge in [-0.25, -0.2) is 0 Å². The van der Waals surface area contributed by atoms with Crippen molar-refractivity contribution in [3.8, 4) is 0 Å². The van der Waals surface area contributed by atoms with Crippen LogP contribution in [-0.4, -0.2) is 0 Å². The van der Waals surface area contributed by atoms with Gasteiger partial charge in [0.15, 0.2) is 0 Å². The molecule has 3 heteroatoms. The maximum Gasteiger partial charge on any atom is 0.0463 e. The van der Waals surface area contributed by atoms with Crippen LogP contribution in [0.15, 0.2) is 309 Å². The minimum atomic E-state index is 1.06. The normalized spacial score (nSPS) is 10.7. The summed E-state index contributed by atoms with van der Waals surface area (Å²) in [6, 6.07) is 110. The first kappa shape index (κ1) is 45.7. The van der Waals surface area contributed by atoms with Crippen molar-refractivity contribution in [1.29, 1.82) is 0 Å². The Morgan fingerprint density at radius 2 is 0.342 bits per heavy atom. The molecule has 0 aliphatic heterocycles. The Bertz CT molecular complexity index is 3220. The molecule has 11 aromatic carbocycles. The Kier molecular flexibility index (Phi) is 13.7. The predicted octanol–water partition coefficient (Wildman–Crippen LogP) is 19.3. The van der Waals surface area contributed by atoms with E-state index in [1.54, 1.807) is 0 Å². The molecule has 0 fully saturated rings. The Hall–Kier alpha value is -9.70. The molecule has 0 atom stereocenters. The second-order valence-corrected chi connectivity index (χ2v) is 17.8. The SMILES string of the molecule is C(=C(c1ccccc1)c1ccccc1)c1ccc(N(c2ccccc2)c2ccc(N(c3ccccc3)c3ccc(N(c4ccccc4)c4ccc(C=C(c5ccccc5)c5ccccc5)cc4)cc3)cc2)cc1. The van der Waals surface area contributed by atoms with E-state index in [0.717, 1.165) is 62.3 Å². The number of hydrogen-bond donors (Lipinski definition) is 0. The smallest absolute Gasteiger partial charge is 0.0463 e. The molecule has 11 rings (SSSR count). The lowest BCUT2D eigenvalue weighted by molar-refractivity contribution is 1.24. The third-order valence-corrected chi connectivity index (χ3v) is 13.0. The fraction of sp³-hybridized carbons (Fsp3) is 0. The van der Waals surface area contributed by atoms with E-state index >= 15 is 0 Å². The standard InChI is InChI=1S/C70H53N3/c1-8-22-56(23-9-1)69(57-24-10-2-11-25-57)52-54-36-40-63(41-37-54)71(60-30-16-5-17-31-60)65-44-48-67(49-45-65)73(62-34-20-7-21-35-62)68-50-46-66(47-51-68)72(61-32-18-6-19-33-61)64-42-38-55(39-43-64)53-70(58-26-12-3-13-27-58)59-28-14-4-15-29-59/h1-53H. The van der Waals surface area contributed by atoms with Crippen molar-refractivity contribution in [3.63, 3.8) is 0 Å². The van der Waals surface area contributed by atoms with Crippen molar-refractivity contribution in [2.45, 2.75) is 0 Å². The van der Waals surface area contributed by atoms with Crippen LogP contribution in [0, 0.1) is 0 Å². The quantitative estimate of drug-likeness (QED) is 0.0949. The average Bonchev–Trinajstić information content (AvgIpc) is 3.47. The predicted molar refractivity (Wildman–Crippen MR) is 310 cm³/mol. The Labute approximate surface area is 429 Å². The van der Waals surface area contributed by atoms with Gasteiger partial charge < -0.3 is 14.7 Å². The zero-order chi connectivity index (χ0) is 49.0. The highest BCUT2D eigenvalue weighted by Gasteiger charge is 2.18. The fourth-order valence-corrected chi connectivity index (χ4v) is 9.48. The van der Waals surface area contributed by atoms with Crippen LogP contribution in [0.25, 0.3) is 23.3 Å². The van der Waals surface area contributed by atoms with Crippen molar-refractivity contribution in [2.75, 3.05) is 14.7 Å². The number of benzene rings is 11. The molecule has 0 bridgehead atoms. The van der Waals surface area contributed by atoms with E-state index in [-0.39, 0.29) is 0 Å². The number of hydrogen-bond acceptors (Lipinski definition) is 3. The third kappa shape index (κ3) is 10.6. The first-order valence-electron chi connectivity index (χ1n) is 24.8. The second kappa shape index (κ2) is 21.9. The molecule has 0 radical (unpaired) electrons. The molecule has 0 N–H and O–H groups in total. The maximum atomic E-state index is 2.32. The summed E-state index contributed by atoms with van der Waals surface area (Å²) in [5.74, 6) is 0. The molecule has 0 heterocycles. The lowest BCUT2D eigenvalue weighted by atomic mass is 9.95. The van der Waals surface area contributed by atoms with Gasteiger partial charge in [0.2, 0.25) is 0 Å². The molecule has 0 aliphatic carbocycles. The summed E-state index contributed by atoms with van der Waals surface area (Å²) < 4.78 is 0. The van der Waals surface area contributed by atoms with Crippen molar-refractivity contribution >= 4 is 74.5 Å². The number of rotatable bonds is 15. The van der Waals surface area contributed by atoms with Gasteiger partial charge in [-0.05, 0) is 166 Å². The molecule has 0 unspecified atom stereocenters. The summed E-state index contributed by atoms with van der Waals surface area (Å²) >= 11 is 0. The van der Waals surface area contributed by atoms with Crippen molar-refractivity contribution in [3.05, 3.63) is 343 Å². The molecule has 0 amide bonds. The van der Waals surface area contributed by atoms with Crippen LogP contribution in [0.4, 0.5) is 51.2 Å². The molecule has 0 saturated carbocycles. The van der Waals surface area contributed by atoms with Crippen molar-refractivity contribution in [1.82, 2.24) is 0 Å². The summed E-state index contributed by atoms with van der Waals surface area (Å²) in [6.45, 7) is 0. The van der Waals surface area contributed by atoms with Gasteiger partial charge in [-0.1, -0.05) is 200 Å². The summed E-state index contributed by atoms with van der Waals surface area (Å²) in [5, 5.41) is 0. The molecule has 0 aromatic heterocycles. The van der Waals surface area contributed by atoms with Gasteiger partial charge in [0, 0.05) is 51.2 Å². The van der Waals surface area contributed by atoms with Gasteiger partial charge in [0.05, 0.1) is 0 Å². The first-order valence-corrected chi connectivity index (χ1v) is 24.8. The maximum absolute atomic E-state index is 2.32. The van der Waals surface area contributed by atoms with Crippen molar-refractivity contribution < 1.29 is 0 Å². The minimum Gasteiger partial charge on any atom is -0.311 e. The molecule has 348 valence electrons. The molecular formula is C70H53N3. The molecule has 11 aromatic rings. The van der Waals surface area contributed by atoms with Gasteiger partial charge in [-0.3, -0.25) is 0 Å². The number of anilines is 9. The highest BCUT2D eigenvalue weighted by Crippen LogP contribution is 2.42. The zero-order valence-corrected chi connectivity index (χ0v) is 40.4. The molecule has 0 spiro atoms. The van der Waals surface area contributed by atoms with E-state index < -0.39 is 0 Å². The topological polar surface area (TPSA) is 9.72 Å². The van der Waals surface area contributed by atoms with Crippen LogP contribution < -0.4 is 14.7 Å². The van der Waals surface area contributed by atoms with Crippen LogP contribution in [-0.2, 0) is 0 Å². The van der Waals surface area contributed by atoms with E-state index in [1.807, 2.05) is 0 Å². The molecular weight excluding hydrogens is 883 g/mol. The monoisotopic (exact) mass is 935 g/mol. The van der Waals surface area contributed by atoms with E-state index in [9.17, 15) is 0 Å². The number of nitrogens with zero attached hydrogens (tertiary/aromatic N) is 3. The second-order valence-electron chi connectivity index (χ2n) is 17.8. The van der Waals surface area contributed by atoms with Crippen LogP contribution in [0.2, 0.25) is 0 Å². The van der Waals surface area contributed by atoms with E-state index in [1.165, 1.54) is 33.4 Å². The summed E-state index contributed by atoms with van der Waals surface area (Å²) in [7, 11) is 0. The third-order valence-electron chi connectivity index (χ3n) is 13.0. The summed E-state index contributed by atoms with van der Waals surface area (Å²) in [6.07, 6.45) is 4.56. The highest BCUT2D eigenvalue weighted by atomic mass is 15.2. The van der Waals surface area contributed by atoms with Gasteiger partial charge in [-0.2, -0.15) is 0 Å². The van der Waals surface area contributed by atoms with Gasteiger partial charge in [0.1, 0.15) is 0 Å². The Balaban J connectivity index is 0.903. The molecule has 0 saturated heterocycles. The van der Waals surface area contributed by atoms with E-state index in [4.69, 9.17) is 0 Å². The largest absolute Gasteiger partial charge is 0.311 e. The van der Waals surface area contributed by atoms with Gasteiger partial charge in [0.25, 0.3) is 0 Å². The van der Waals surface area contributed by atoms with Crippen molar-refractivity contribution in [2.24, 2.45) is 0 Å². The molecule has 73 heavy (non-hydrogen) atoms. The minimum absolute atomic E-state index is 1.06. The highest BCUT2D eigenvalue weighted by molar-refractivity contribution is 5.93. The molecule has 0 aliphatic rings. The Morgan fingerprint density at radius 3 is 0.548 bits per heavy atom. The van der Waals surface area contributed by atoms with Crippen LogP contribution in [0.3, 0.4) is 0 Å². The number of para-hydroxylation sites is 3. The van der Waals surface area contributed by atoms with Crippen LogP contribution in [0.1, 0.15) is 33.4 Å². The Morgan fingerprint density at radius 1 is 0.178 bits per heavy atom. The lowest BCUT2D eigenvalue weighted by Gasteiger charge is -2.29. The van der Waals surface area contributed by atoms with Gasteiger partial charge >= 0.3 is 0 Å². The zero-order valence-electron chi connectivity index (χ0n) is 40.4. The van der Waals surface area contributed by atoms with E-state index in [0.29, 0.717) is 0 Å². The summed E-state index contributed by atoms with van der Waals surface area (Å²) in [5.41, 5.74) is 19.0. The lowest BCUT2D eigenvalue weighted by Crippen LogP contribution is -2.13. The van der Waals surface area contributed by atoms with Gasteiger partial charge in [-0.15, -0.1) is 0 Å². The van der Waals surface area contributed by atoms with Crippen LogP contribution in [0.5, 0.6) is 0 Å². The average molecular weight is 936 g/mol. The summed E-state index contributed by atoms with van der Waals surface area (Å²) in [4.78, 5) is 6.96. The van der Waals surface area contributed by atoms with Crippen LogP contribution >= 0.6 is 0 Å². The fourth-order valence-electron chi connectivity index (χ4n) is 9.48. The first-order chi connectivity index (χ1) is 36.2. The van der Waals surface area contributed by atoms with E-state index in [2.05, 4.69) is 336 Å². The molecule has 3 nitrogen and oxygen atoms in total.